The average molecular weight is 486 g/mol. The van der Waals surface area contributed by atoms with E-state index in [4.69, 9.17) is 4.74 Å². The Bertz CT molecular complexity index is 1110. The van der Waals surface area contributed by atoms with E-state index >= 15 is 0 Å². The molecule has 0 radical (unpaired) electrons. The highest BCUT2D eigenvalue weighted by Crippen LogP contribution is 2.59. The van der Waals surface area contributed by atoms with Crippen LogP contribution in [0.25, 0.3) is 17.2 Å². The van der Waals surface area contributed by atoms with Crippen molar-refractivity contribution in [3.05, 3.63) is 59.9 Å². The van der Waals surface area contributed by atoms with Crippen molar-refractivity contribution in [1.29, 1.82) is 0 Å². The Hall–Kier alpha value is -2.67. The van der Waals surface area contributed by atoms with Crippen molar-refractivity contribution < 1.29 is 27.8 Å². The number of pyridine rings is 1. The number of rotatable bonds is 4. The van der Waals surface area contributed by atoms with Crippen LogP contribution in [0.5, 0.6) is 0 Å². The lowest BCUT2D eigenvalue weighted by molar-refractivity contribution is -0.153. The molecule has 5 rings (SSSR count). The molecule has 1 saturated heterocycles. The van der Waals surface area contributed by atoms with Gasteiger partial charge in [0.05, 0.1) is 23.3 Å². The molecule has 0 amide bonds. The molecular formula is C28H30F3NO3. The first kappa shape index (κ1) is 24.0. The molecule has 0 spiro atoms. The lowest BCUT2D eigenvalue weighted by Gasteiger charge is -2.50. The predicted molar refractivity (Wildman–Crippen MR) is 126 cm³/mol. The number of aliphatic hydroxyl groups excluding tert-OH is 1. The van der Waals surface area contributed by atoms with E-state index in [-0.39, 0.29) is 30.5 Å². The number of allylic oxidation sites excluding steroid dienone is 1. The van der Waals surface area contributed by atoms with Gasteiger partial charge in [0.15, 0.2) is 0 Å². The second-order valence-electron chi connectivity index (χ2n) is 10.3. The maximum atomic E-state index is 13.1. The van der Waals surface area contributed by atoms with Gasteiger partial charge in [-0.2, -0.15) is 13.2 Å². The van der Waals surface area contributed by atoms with E-state index in [0.717, 1.165) is 37.8 Å². The molecule has 6 atom stereocenters. The minimum Gasteiger partial charge on any atom is -0.462 e. The first-order chi connectivity index (χ1) is 16.7. The standard InChI is InChI=1S/C28H30F3NO3/c1-17-25-24(23-8-3-2-5-19(23)14-27(25,16-33)26(34)35-17)12-11-22-10-9-20(15-32-22)18-6-4-7-21(13-18)28(29,30)31/h4,6-7,9-13,15,17,19,23-25,33H,2-3,5,8,14,16H2,1H3/t17-,19?,23?,24+,25?,27+/m1/s1. The van der Waals surface area contributed by atoms with Crippen LogP contribution in [0, 0.1) is 29.1 Å². The molecule has 4 nitrogen and oxygen atoms in total. The fraction of sp³-hybridized carbons (Fsp3) is 0.500. The number of nitrogens with zero attached hydrogens (tertiary/aromatic N) is 1. The molecule has 3 unspecified atom stereocenters. The van der Waals surface area contributed by atoms with Gasteiger partial charge in [-0.25, -0.2) is 0 Å². The van der Waals surface area contributed by atoms with E-state index in [9.17, 15) is 23.1 Å². The smallest absolute Gasteiger partial charge is 0.416 e. The summed E-state index contributed by atoms with van der Waals surface area (Å²) in [7, 11) is 0. The highest BCUT2D eigenvalue weighted by molar-refractivity contribution is 5.80. The van der Waals surface area contributed by atoms with Crippen LogP contribution in [0.4, 0.5) is 13.2 Å². The first-order valence-corrected chi connectivity index (χ1v) is 12.4. The van der Waals surface area contributed by atoms with E-state index < -0.39 is 17.2 Å². The van der Waals surface area contributed by atoms with Gasteiger partial charge in [-0.05, 0) is 67.4 Å². The number of aromatic nitrogens is 1. The maximum absolute atomic E-state index is 13.1. The normalized spacial score (nSPS) is 32.8. The monoisotopic (exact) mass is 485 g/mol. The first-order valence-electron chi connectivity index (χ1n) is 12.4. The fourth-order valence-electron chi connectivity index (χ4n) is 6.83. The summed E-state index contributed by atoms with van der Waals surface area (Å²) >= 11 is 0. The second kappa shape index (κ2) is 9.08. The maximum Gasteiger partial charge on any atom is 0.416 e. The van der Waals surface area contributed by atoms with Crippen molar-refractivity contribution in [1.82, 2.24) is 4.98 Å². The number of carbonyl (C=O) groups is 1. The van der Waals surface area contributed by atoms with Crippen molar-refractivity contribution >= 4 is 12.0 Å². The van der Waals surface area contributed by atoms with Crippen LogP contribution >= 0.6 is 0 Å². The molecule has 2 aromatic rings. The van der Waals surface area contributed by atoms with Crippen LogP contribution in [-0.2, 0) is 15.7 Å². The summed E-state index contributed by atoms with van der Waals surface area (Å²) in [5.74, 6) is 0.554. The lowest BCUT2D eigenvalue weighted by atomic mass is 9.52. The number of cyclic esters (lactones) is 1. The predicted octanol–water partition coefficient (Wildman–Crippen LogP) is 6.15. The molecule has 1 aromatic carbocycles. The Morgan fingerprint density at radius 2 is 1.97 bits per heavy atom. The number of carbonyl (C=O) groups excluding carboxylic acids is 1. The largest absolute Gasteiger partial charge is 0.462 e. The number of fused-ring (bicyclic) bond motifs is 2. The molecule has 1 aromatic heterocycles. The van der Waals surface area contributed by atoms with E-state index in [1.54, 1.807) is 24.4 Å². The Morgan fingerprint density at radius 3 is 2.69 bits per heavy atom. The van der Waals surface area contributed by atoms with Crippen molar-refractivity contribution in [3.8, 4) is 11.1 Å². The van der Waals surface area contributed by atoms with E-state index in [2.05, 4.69) is 11.1 Å². The summed E-state index contributed by atoms with van der Waals surface area (Å²) in [6.07, 6.45) is 6.16. The van der Waals surface area contributed by atoms with Crippen LogP contribution in [0.1, 0.15) is 50.3 Å². The molecule has 2 saturated carbocycles. The molecule has 7 heteroatoms. The van der Waals surface area contributed by atoms with E-state index in [1.807, 2.05) is 13.0 Å². The van der Waals surface area contributed by atoms with Crippen LogP contribution in [0.2, 0.25) is 0 Å². The van der Waals surface area contributed by atoms with Gasteiger partial charge in [-0.15, -0.1) is 0 Å². The van der Waals surface area contributed by atoms with Crippen LogP contribution in [-0.4, -0.2) is 28.8 Å². The van der Waals surface area contributed by atoms with E-state index in [1.165, 1.54) is 6.07 Å². The van der Waals surface area contributed by atoms with Crippen molar-refractivity contribution in [2.45, 2.75) is 51.3 Å². The molecule has 3 aliphatic rings. The second-order valence-corrected chi connectivity index (χ2v) is 10.3. The van der Waals surface area contributed by atoms with Gasteiger partial charge < -0.3 is 9.84 Å². The minimum atomic E-state index is -4.39. The number of alkyl halides is 3. The zero-order valence-corrected chi connectivity index (χ0v) is 19.7. The number of benzene rings is 1. The van der Waals surface area contributed by atoms with Gasteiger partial charge in [0.1, 0.15) is 6.10 Å². The molecule has 186 valence electrons. The average Bonchev–Trinajstić information content (AvgIpc) is 3.11. The summed E-state index contributed by atoms with van der Waals surface area (Å²) in [6, 6.07) is 8.79. The number of aliphatic hydroxyl groups is 1. The summed E-state index contributed by atoms with van der Waals surface area (Å²) in [6.45, 7) is 1.73. The molecular weight excluding hydrogens is 455 g/mol. The summed E-state index contributed by atoms with van der Waals surface area (Å²) in [5.41, 5.74) is 0.247. The van der Waals surface area contributed by atoms with Gasteiger partial charge >= 0.3 is 12.1 Å². The third kappa shape index (κ3) is 4.28. The number of halogens is 3. The summed E-state index contributed by atoms with van der Waals surface area (Å²) in [5, 5.41) is 10.3. The van der Waals surface area contributed by atoms with Gasteiger partial charge in [-0.3, -0.25) is 9.78 Å². The third-order valence-corrected chi connectivity index (χ3v) is 8.43. The molecule has 1 N–H and O–H groups in total. The van der Waals surface area contributed by atoms with Gasteiger partial charge in [0, 0.05) is 17.7 Å². The quantitative estimate of drug-likeness (QED) is 0.528. The van der Waals surface area contributed by atoms with Crippen molar-refractivity contribution in [3.63, 3.8) is 0 Å². The number of esters is 1. The molecule has 2 aliphatic carbocycles. The SMILES string of the molecule is C[C@H]1OC(=O)[C@]2(CO)CC3CCCCC3[C@H](C=Cc3ccc(-c4cccc(C(F)(F)F)c4)cn3)C12. The number of ether oxygens (including phenoxy) is 1. The van der Waals surface area contributed by atoms with Gasteiger partial charge in [-0.1, -0.05) is 43.5 Å². The highest BCUT2D eigenvalue weighted by atomic mass is 19.4. The van der Waals surface area contributed by atoms with Gasteiger partial charge in [0.2, 0.25) is 0 Å². The summed E-state index contributed by atoms with van der Waals surface area (Å²) < 4.78 is 44.9. The highest BCUT2D eigenvalue weighted by Gasteiger charge is 2.63. The molecule has 0 bridgehead atoms. The Balaban J connectivity index is 1.41. The van der Waals surface area contributed by atoms with E-state index in [0.29, 0.717) is 35.1 Å². The molecule has 3 fully saturated rings. The van der Waals surface area contributed by atoms with Gasteiger partial charge in [0.25, 0.3) is 0 Å². The van der Waals surface area contributed by atoms with Crippen molar-refractivity contribution in [2.24, 2.45) is 29.1 Å². The summed E-state index contributed by atoms with van der Waals surface area (Å²) in [4.78, 5) is 17.3. The Morgan fingerprint density at radius 1 is 1.17 bits per heavy atom. The fourth-order valence-corrected chi connectivity index (χ4v) is 6.83. The third-order valence-electron chi connectivity index (χ3n) is 8.43. The lowest BCUT2D eigenvalue weighted by Crippen LogP contribution is -2.51. The number of hydrogen-bond donors (Lipinski definition) is 1. The molecule has 1 aliphatic heterocycles. The Kier molecular flexibility index (Phi) is 6.24. The topological polar surface area (TPSA) is 59.4 Å². The Labute approximate surface area is 203 Å². The zero-order valence-electron chi connectivity index (χ0n) is 19.7. The zero-order chi connectivity index (χ0) is 24.8. The van der Waals surface area contributed by atoms with Crippen LogP contribution in [0.15, 0.2) is 48.7 Å². The van der Waals surface area contributed by atoms with Crippen molar-refractivity contribution in [2.75, 3.05) is 6.61 Å². The van der Waals surface area contributed by atoms with Crippen LogP contribution < -0.4 is 0 Å². The molecule has 35 heavy (non-hydrogen) atoms. The number of hydrogen-bond acceptors (Lipinski definition) is 4. The molecule has 2 heterocycles. The van der Waals surface area contributed by atoms with Crippen LogP contribution in [0.3, 0.4) is 0 Å². The minimum absolute atomic E-state index is 0.0834.